The van der Waals surface area contributed by atoms with Crippen molar-refractivity contribution >= 4 is 10.0 Å². The molecule has 2 unspecified atom stereocenters. The van der Waals surface area contributed by atoms with E-state index >= 15 is 0 Å². The van der Waals surface area contributed by atoms with Crippen LogP contribution >= 0.6 is 0 Å². The summed E-state index contributed by atoms with van der Waals surface area (Å²) in [6.07, 6.45) is 1.39. The van der Waals surface area contributed by atoms with Gasteiger partial charge in [-0.2, -0.15) is 4.31 Å². The van der Waals surface area contributed by atoms with Crippen LogP contribution in [0.3, 0.4) is 0 Å². The van der Waals surface area contributed by atoms with E-state index in [4.69, 9.17) is 0 Å². The van der Waals surface area contributed by atoms with Gasteiger partial charge in [0.2, 0.25) is 0 Å². The summed E-state index contributed by atoms with van der Waals surface area (Å²) in [6, 6.07) is 0.267. The second kappa shape index (κ2) is 4.64. The molecule has 1 N–H and O–H groups in total. The Morgan fingerprint density at radius 2 is 2.11 bits per heavy atom. The number of nitrogens with one attached hydrogen (secondary N) is 1. The molecule has 0 bridgehead atoms. The van der Waals surface area contributed by atoms with E-state index in [2.05, 4.69) is 21.8 Å². The molecule has 0 aliphatic carbocycles. The van der Waals surface area contributed by atoms with Gasteiger partial charge in [0.05, 0.1) is 6.20 Å². The first-order valence-corrected chi connectivity index (χ1v) is 7.44. The predicted octanol–water partition coefficient (Wildman–Crippen LogP) is 0.289. The lowest BCUT2D eigenvalue weighted by molar-refractivity contribution is 0.263. The maximum absolute atomic E-state index is 12.4. The maximum atomic E-state index is 12.4. The third-order valence-electron chi connectivity index (χ3n) is 3.50. The summed E-state index contributed by atoms with van der Waals surface area (Å²) < 4.78 is 26.3. The molecule has 102 valence electrons. The zero-order chi connectivity index (χ0) is 13.5. The van der Waals surface area contributed by atoms with Crippen LogP contribution in [-0.4, -0.2) is 60.8 Å². The number of likely N-dealkylation sites (N-methyl/N-ethyl adjacent to an activating group) is 1. The molecular formula is C11H20N4O2S. The zero-order valence-corrected chi connectivity index (χ0v) is 12.0. The van der Waals surface area contributed by atoms with Gasteiger partial charge in [0.25, 0.3) is 10.0 Å². The number of H-pyrrole nitrogens is 1. The van der Waals surface area contributed by atoms with Crippen molar-refractivity contribution in [2.75, 3.05) is 27.2 Å². The van der Waals surface area contributed by atoms with Crippen molar-refractivity contribution in [1.29, 1.82) is 0 Å². The molecule has 1 aromatic heterocycles. The van der Waals surface area contributed by atoms with Gasteiger partial charge in [-0.3, -0.25) is 0 Å². The Morgan fingerprint density at radius 3 is 2.56 bits per heavy atom. The van der Waals surface area contributed by atoms with Gasteiger partial charge in [0.15, 0.2) is 5.03 Å². The van der Waals surface area contributed by atoms with E-state index in [1.54, 1.807) is 6.92 Å². The molecule has 2 heterocycles. The first-order valence-electron chi connectivity index (χ1n) is 6.00. The highest BCUT2D eigenvalue weighted by Gasteiger charge is 2.38. The van der Waals surface area contributed by atoms with E-state index in [9.17, 15) is 8.42 Å². The highest BCUT2D eigenvalue weighted by molar-refractivity contribution is 7.89. The van der Waals surface area contributed by atoms with E-state index in [0.29, 0.717) is 24.8 Å². The van der Waals surface area contributed by atoms with E-state index in [1.807, 2.05) is 14.1 Å². The first kappa shape index (κ1) is 13.5. The molecule has 1 aliphatic heterocycles. The molecule has 0 spiro atoms. The van der Waals surface area contributed by atoms with Crippen molar-refractivity contribution in [3.63, 3.8) is 0 Å². The lowest BCUT2D eigenvalue weighted by Crippen LogP contribution is -2.35. The highest BCUT2D eigenvalue weighted by atomic mass is 32.2. The molecular weight excluding hydrogens is 252 g/mol. The summed E-state index contributed by atoms with van der Waals surface area (Å²) >= 11 is 0. The summed E-state index contributed by atoms with van der Waals surface area (Å²) in [5.41, 5.74) is 0. The Balaban J connectivity index is 2.23. The van der Waals surface area contributed by atoms with Crippen molar-refractivity contribution in [2.45, 2.75) is 24.9 Å². The van der Waals surface area contributed by atoms with E-state index in [-0.39, 0.29) is 11.1 Å². The molecule has 2 atom stereocenters. The van der Waals surface area contributed by atoms with Gasteiger partial charge in [-0.1, -0.05) is 6.92 Å². The van der Waals surface area contributed by atoms with Crippen LogP contribution in [0.15, 0.2) is 11.2 Å². The summed E-state index contributed by atoms with van der Waals surface area (Å²) in [4.78, 5) is 8.84. The van der Waals surface area contributed by atoms with Crippen LogP contribution in [0.1, 0.15) is 12.7 Å². The molecule has 0 aromatic carbocycles. The summed E-state index contributed by atoms with van der Waals surface area (Å²) in [7, 11) is 0.539. The Bertz CT molecular complexity index is 523. The second-order valence-corrected chi connectivity index (χ2v) is 7.07. The Kier molecular flexibility index (Phi) is 3.48. The third kappa shape index (κ3) is 2.30. The van der Waals surface area contributed by atoms with Gasteiger partial charge < -0.3 is 9.88 Å². The van der Waals surface area contributed by atoms with Crippen LogP contribution in [0.5, 0.6) is 0 Å². The molecule has 6 nitrogen and oxygen atoms in total. The Labute approximate surface area is 108 Å². The number of sulfonamides is 1. The monoisotopic (exact) mass is 272 g/mol. The molecule has 7 heteroatoms. The van der Waals surface area contributed by atoms with Crippen molar-refractivity contribution in [2.24, 2.45) is 5.92 Å². The highest BCUT2D eigenvalue weighted by Crippen LogP contribution is 2.25. The fraction of sp³-hybridized carbons (Fsp3) is 0.727. The van der Waals surface area contributed by atoms with Gasteiger partial charge in [-0.25, -0.2) is 13.4 Å². The molecule has 0 saturated carbocycles. The number of rotatable bonds is 3. The smallest absolute Gasteiger partial charge is 0.260 e. The fourth-order valence-corrected chi connectivity index (χ4v) is 3.96. The standard InChI is InChI=1S/C11H20N4O2S/c1-8-6-15(7-10(8)14(3)4)18(16,17)11-5-12-9(2)13-11/h5,8,10H,6-7H2,1-4H3,(H,12,13). The van der Waals surface area contributed by atoms with Crippen LogP contribution in [0, 0.1) is 12.8 Å². The lowest BCUT2D eigenvalue weighted by atomic mass is 10.1. The fourth-order valence-electron chi connectivity index (χ4n) is 2.44. The average Bonchev–Trinajstić information content (AvgIpc) is 2.84. The minimum atomic E-state index is -3.43. The van der Waals surface area contributed by atoms with Gasteiger partial charge in [-0.05, 0) is 26.9 Å². The van der Waals surface area contributed by atoms with Crippen LogP contribution in [0.25, 0.3) is 0 Å². The number of aromatic amines is 1. The Hall–Kier alpha value is -0.920. The SMILES string of the molecule is Cc1ncc(S(=O)(=O)N2CC(C)C(N(C)C)C2)[nH]1. The third-order valence-corrected chi connectivity index (χ3v) is 5.24. The summed E-state index contributed by atoms with van der Waals surface area (Å²) in [5.74, 6) is 0.948. The Morgan fingerprint density at radius 1 is 1.44 bits per heavy atom. The lowest BCUT2D eigenvalue weighted by Gasteiger charge is -2.22. The summed E-state index contributed by atoms with van der Waals surface area (Å²) in [6.45, 7) is 4.92. The predicted molar refractivity (Wildman–Crippen MR) is 68.7 cm³/mol. The van der Waals surface area contributed by atoms with Crippen LogP contribution < -0.4 is 0 Å². The average molecular weight is 272 g/mol. The molecule has 0 amide bonds. The molecule has 1 aliphatic rings. The molecule has 18 heavy (non-hydrogen) atoms. The zero-order valence-electron chi connectivity index (χ0n) is 11.2. The van der Waals surface area contributed by atoms with Crippen molar-refractivity contribution in [3.05, 3.63) is 12.0 Å². The quantitative estimate of drug-likeness (QED) is 0.858. The minimum absolute atomic E-state index is 0.187. The van der Waals surface area contributed by atoms with Gasteiger partial charge in [0.1, 0.15) is 5.82 Å². The van der Waals surface area contributed by atoms with Crippen LogP contribution in [-0.2, 0) is 10.0 Å². The van der Waals surface area contributed by atoms with E-state index < -0.39 is 10.0 Å². The van der Waals surface area contributed by atoms with Crippen LogP contribution in [0.4, 0.5) is 0 Å². The number of hydrogen-bond acceptors (Lipinski definition) is 4. The maximum Gasteiger partial charge on any atom is 0.260 e. The molecule has 1 fully saturated rings. The number of aromatic nitrogens is 2. The van der Waals surface area contributed by atoms with Gasteiger partial charge in [0, 0.05) is 19.1 Å². The normalized spacial score (nSPS) is 26.1. The van der Waals surface area contributed by atoms with Gasteiger partial charge in [-0.15, -0.1) is 0 Å². The first-order chi connectivity index (χ1) is 8.32. The molecule has 1 saturated heterocycles. The molecule has 0 radical (unpaired) electrons. The number of nitrogens with zero attached hydrogens (tertiary/aromatic N) is 3. The molecule has 1 aromatic rings. The van der Waals surface area contributed by atoms with Crippen molar-refractivity contribution in [1.82, 2.24) is 19.2 Å². The molecule has 2 rings (SSSR count). The summed E-state index contributed by atoms with van der Waals surface area (Å²) in [5, 5.41) is 0.187. The number of imidazole rings is 1. The van der Waals surface area contributed by atoms with Gasteiger partial charge >= 0.3 is 0 Å². The largest absolute Gasteiger partial charge is 0.332 e. The van der Waals surface area contributed by atoms with Crippen molar-refractivity contribution < 1.29 is 8.42 Å². The number of hydrogen-bond donors (Lipinski definition) is 1. The minimum Gasteiger partial charge on any atom is -0.332 e. The van der Waals surface area contributed by atoms with Crippen LogP contribution in [0.2, 0.25) is 0 Å². The van der Waals surface area contributed by atoms with E-state index in [0.717, 1.165) is 0 Å². The van der Waals surface area contributed by atoms with E-state index in [1.165, 1.54) is 10.5 Å². The topological polar surface area (TPSA) is 69.3 Å². The van der Waals surface area contributed by atoms with Crippen molar-refractivity contribution in [3.8, 4) is 0 Å². The second-order valence-electron chi connectivity index (χ2n) is 5.16. The number of aryl methyl sites for hydroxylation is 1.